The van der Waals surface area contributed by atoms with Crippen LogP contribution in [0.3, 0.4) is 0 Å². The fourth-order valence-electron chi connectivity index (χ4n) is 4.46. The van der Waals surface area contributed by atoms with Crippen molar-refractivity contribution in [3.63, 3.8) is 0 Å². The number of hydrogen-bond donors (Lipinski definition) is 2. The van der Waals surface area contributed by atoms with Crippen molar-refractivity contribution < 1.29 is 9.90 Å². The second-order valence-electron chi connectivity index (χ2n) is 8.15. The lowest BCUT2D eigenvalue weighted by atomic mass is 9.95. The van der Waals surface area contributed by atoms with Gasteiger partial charge < -0.3 is 10.0 Å². The molecule has 2 heterocycles. The van der Waals surface area contributed by atoms with Gasteiger partial charge in [0.05, 0.1) is 12.3 Å². The third kappa shape index (κ3) is 5.00. The van der Waals surface area contributed by atoms with Crippen LogP contribution in [0.5, 0.6) is 5.88 Å². The summed E-state index contributed by atoms with van der Waals surface area (Å²) in [4.78, 5) is 47.4. The monoisotopic (exact) mass is 419 g/mol. The van der Waals surface area contributed by atoms with E-state index in [1.807, 2.05) is 11.8 Å². The number of nitrogens with one attached hydrogen (secondary N) is 1. The maximum Gasteiger partial charge on any atom is 0.331 e. The lowest BCUT2D eigenvalue weighted by Gasteiger charge is -2.33. The Hall–Kier alpha value is -2.42. The first-order chi connectivity index (χ1) is 14.4. The van der Waals surface area contributed by atoms with Gasteiger partial charge in [0.2, 0.25) is 11.8 Å². The molecular formula is C21H33N5O4. The summed E-state index contributed by atoms with van der Waals surface area (Å²) in [6.45, 7) is 7.72. The molecule has 166 valence electrons. The number of aromatic nitrogens is 2. The van der Waals surface area contributed by atoms with Gasteiger partial charge in [-0.15, -0.1) is 0 Å². The Morgan fingerprint density at radius 1 is 1.13 bits per heavy atom. The first kappa shape index (κ1) is 22.3. The molecular weight excluding hydrogens is 386 g/mol. The quantitative estimate of drug-likeness (QED) is 0.671. The summed E-state index contributed by atoms with van der Waals surface area (Å²) in [6, 6.07) is -0.0856. The molecule has 1 aliphatic carbocycles. The summed E-state index contributed by atoms with van der Waals surface area (Å²) in [7, 11) is 0. The fourth-order valence-corrected chi connectivity index (χ4v) is 4.46. The number of nitrogens with zero attached hydrogens (tertiary/aromatic N) is 4. The minimum atomic E-state index is -0.583. The molecule has 3 rings (SSSR count). The van der Waals surface area contributed by atoms with Gasteiger partial charge in [0.1, 0.15) is 5.56 Å². The third-order valence-corrected chi connectivity index (χ3v) is 6.22. The van der Waals surface area contributed by atoms with Crippen molar-refractivity contribution in [3.8, 4) is 5.88 Å². The van der Waals surface area contributed by atoms with E-state index in [0.717, 1.165) is 51.7 Å². The molecule has 1 aliphatic heterocycles. The van der Waals surface area contributed by atoms with E-state index in [-0.39, 0.29) is 23.4 Å². The van der Waals surface area contributed by atoms with E-state index >= 15 is 0 Å². The van der Waals surface area contributed by atoms with Crippen molar-refractivity contribution in [2.24, 2.45) is 4.99 Å². The Morgan fingerprint density at radius 3 is 2.40 bits per heavy atom. The van der Waals surface area contributed by atoms with Crippen LogP contribution in [-0.4, -0.2) is 75.3 Å². The molecule has 0 atom stereocenters. The maximum absolute atomic E-state index is 12.5. The molecule has 1 amide bonds. The molecule has 1 aromatic heterocycles. The summed E-state index contributed by atoms with van der Waals surface area (Å²) in [5.41, 5.74) is -0.503. The molecule has 0 bridgehead atoms. The highest BCUT2D eigenvalue weighted by Crippen LogP contribution is 2.30. The van der Waals surface area contributed by atoms with Crippen LogP contribution in [0.15, 0.2) is 14.6 Å². The van der Waals surface area contributed by atoms with Crippen LogP contribution >= 0.6 is 0 Å². The number of H-pyrrole nitrogens is 1. The Morgan fingerprint density at radius 2 is 1.80 bits per heavy atom. The van der Waals surface area contributed by atoms with Gasteiger partial charge in [-0.2, -0.15) is 0 Å². The minimum Gasteiger partial charge on any atom is -0.494 e. The Labute approximate surface area is 176 Å². The van der Waals surface area contributed by atoms with Crippen molar-refractivity contribution in [1.82, 2.24) is 19.4 Å². The van der Waals surface area contributed by atoms with Crippen LogP contribution in [-0.2, 0) is 4.79 Å². The molecule has 30 heavy (non-hydrogen) atoms. The van der Waals surface area contributed by atoms with Crippen molar-refractivity contribution in [2.75, 3.05) is 39.3 Å². The summed E-state index contributed by atoms with van der Waals surface area (Å²) in [6.07, 6.45) is 5.28. The summed E-state index contributed by atoms with van der Waals surface area (Å²) in [5.74, 6) is -0.157. The average Bonchev–Trinajstić information content (AvgIpc) is 2.73. The van der Waals surface area contributed by atoms with Crippen LogP contribution in [0.4, 0.5) is 0 Å². The second kappa shape index (κ2) is 10.1. The van der Waals surface area contributed by atoms with Crippen LogP contribution in [0.25, 0.3) is 0 Å². The standard InChI is InChI=1S/C21H33N5O4/c1-3-17(22-9-10-24-11-13-25(14-12-24)15(2)27)18-19(28)23-21(30)26(20(18)29)16-7-5-4-6-8-16/h16,29H,3-14H2,1-2H3,(H,23,28,30). The number of carbonyl (C=O) groups excluding carboxylic acids is 1. The van der Waals surface area contributed by atoms with Crippen LogP contribution < -0.4 is 11.2 Å². The molecule has 1 aromatic rings. The van der Waals surface area contributed by atoms with Crippen molar-refractivity contribution in [2.45, 2.75) is 58.4 Å². The van der Waals surface area contributed by atoms with Gasteiger partial charge in [-0.25, -0.2) is 4.79 Å². The van der Waals surface area contributed by atoms with E-state index in [4.69, 9.17) is 0 Å². The first-order valence-electron chi connectivity index (χ1n) is 11.0. The molecule has 2 fully saturated rings. The van der Waals surface area contributed by atoms with Gasteiger partial charge in [0, 0.05) is 45.7 Å². The summed E-state index contributed by atoms with van der Waals surface area (Å²) < 4.78 is 1.35. The van der Waals surface area contributed by atoms with E-state index in [9.17, 15) is 19.5 Å². The molecule has 1 saturated carbocycles. The van der Waals surface area contributed by atoms with Gasteiger partial charge in [-0.05, 0) is 19.3 Å². The number of aromatic amines is 1. The molecule has 0 spiro atoms. The summed E-state index contributed by atoms with van der Waals surface area (Å²) in [5, 5.41) is 10.8. The fraction of sp³-hybridized carbons (Fsp3) is 0.714. The number of carbonyl (C=O) groups is 1. The molecule has 9 nitrogen and oxygen atoms in total. The number of aromatic hydroxyl groups is 1. The van der Waals surface area contributed by atoms with Crippen LogP contribution in [0.2, 0.25) is 0 Å². The largest absolute Gasteiger partial charge is 0.494 e. The highest BCUT2D eigenvalue weighted by Gasteiger charge is 2.25. The number of aliphatic imine (C=N–C) groups is 1. The Bertz CT molecular complexity index is 890. The van der Waals surface area contributed by atoms with Crippen molar-refractivity contribution in [1.29, 1.82) is 0 Å². The van der Waals surface area contributed by atoms with E-state index in [1.165, 1.54) is 4.57 Å². The molecule has 0 unspecified atom stereocenters. The minimum absolute atomic E-state index is 0.0856. The zero-order chi connectivity index (χ0) is 21.7. The predicted molar refractivity (Wildman–Crippen MR) is 115 cm³/mol. The molecule has 0 aromatic carbocycles. The predicted octanol–water partition coefficient (Wildman–Crippen LogP) is 1.11. The zero-order valence-corrected chi connectivity index (χ0v) is 18.0. The van der Waals surface area contributed by atoms with Crippen molar-refractivity contribution >= 4 is 11.6 Å². The van der Waals surface area contributed by atoms with Gasteiger partial charge in [0.25, 0.3) is 5.56 Å². The zero-order valence-electron chi connectivity index (χ0n) is 18.0. The maximum atomic E-state index is 12.5. The van der Waals surface area contributed by atoms with Gasteiger partial charge >= 0.3 is 5.69 Å². The second-order valence-corrected chi connectivity index (χ2v) is 8.15. The van der Waals surface area contributed by atoms with E-state index in [0.29, 0.717) is 31.8 Å². The van der Waals surface area contributed by atoms with Crippen LogP contribution in [0, 0.1) is 0 Å². The SMILES string of the molecule is CCC(=NCCN1CCN(C(C)=O)CC1)c1c(O)n(C2CCCCC2)c(=O)[nH]c1=O. The molecule has 2 aliphatic rings. The van der Waals surface area contributed by atoms with E-state index < -0.39 is 11.2 Å². The third-order valence-electron chi connectivity index (χ3n) is 6.22. The summed E-state index contributed by atoms with van der Waals surface area (Å²) >= 11 is 0. The lowest BCUT2D eigenvalue weighted by Crippen LogP contribution is -2.48. The van der Waals surface area contributed by atoms with E-state index in [2.05, 4.69) is 14.9 Å². The molecule has 1 saturated heterocycles. The highest BCUT2D eigenvalue weighted by molar-refractivity contribution is 6.01. The van der Waals surface area contributed by atoms with Crippen LogP contribution in [0.1, 0.15) is 64.0 Å². The van der Waals surface area contributed by atoms with Gasteiger partial charge in [-0.3, -0.25) is 29.0 Å². The number of hydrogen-bond acceptors (Lipinski definition) is 6. The molecule has 2 N–H and O–H groups in total. The van der Waals surface area contributed by atoms with E-state index in [1.54, 1.807) is 6.92 Å². The number of piperazine rings is 1. The molecule has 9 heteroatoms. The van der Waals surface area contributed by atoms with Crippen molar-refractivity contribution in [3.05, 3.63) is 26.4 Å². The first-order valence-corrected chi connectivity index (χ1v) is 11.0. The van der Waals surface area contributed by atoms with Gasteiger partial charge in [-0.1, -0.05) is 26.2 Å². The van der Waals surface area contributed by atoms with Gasteiger partial charge in [0.15, 0.2) is 0 Å². The molecule has 0 radical (unpaired) electrons. The smallest absolute Gasteiger partial charge is 0.331 e. The Balaban J connectivity index is 1.75. The topological polar surface area (TPSA) is 111 Å². The number of amides is 1. The number of rotatable bonds is 6. The normalized spacial score (nSPS) is 19.3. The Kier molecular flexibility index (Phi) is 7.47. The lowest BCUT2D eigenvalue weighted by molar-refractivity contribution is -0.130. The highest BCUT2D eigenvalue weighted by atomic mass is 16.3. The average molecular weight is 420 g/mol.